The minimum absolute atomic E-state index is 0.0438. The van der Waals surface area contributed by atoms with Crippen LogP contribution in [0.25, 0.3) is 11.6 Å². The number of hydrogen-bond acceptors (Lipinski definition) is 8. The van der Waals surface area contributed by atoms with Gasteiger partial charge in [-0.25, -0.2) is 32.2 Å². The van der Waals surface area contributed by atoms with E-state index < -0.39 is 26.9 Å². The van der Waals surface area contributed by atoms with Crippen LogP contribution >= 0.6 is 0 Å². The van der Waals surface area contributed by atoms with E-state index in [1.807, 2.05) is 12.1 Å². The van der Waals surface area contributed by atoms with Gasteiger partial charge in [-0.1, -0.05) is 13.0 Å². The molecule has 2 aliphatic heterocycles. The number of aromatic nitrogens is 5. The Balaban J connectivity index is 1.24. The molecule has 0 spiro atoms. The van der Waals surface area contributed by atoms with Gasteiger partial charge in [-0.05, 0) is 60.4 Å². The Hall–Kier alpha value is -3.67. The Morgan fingerprint density at radius 2 is 1.92 bits per heavy atom. The lowest BCUT2D eigenvalue weighted by Gasteiger charge is -2.39. The predicted molar refractivity (Wildman–Crippen MR) is 139 cm³/mol. The normalized spacial score (nSPS) is 27.3. The van der Waals surface area contributed by atoms with Crippen molar-refractivity contribution in [2.24, 2.45) is 17.8 Å². The summed E-state index contributed by atoms with van der Waals surface area (Å²) < 4.78 is 53.9. The van der Waals surface area contributed by atoms with Crippen molar-refractivity contribution in [3.8, 4) is 5.95 Å². The molecule has 202 valence electrons. The van der Waals surface area contributed by atoms with Gasteiger partial charge in [0.25, 0.3) is 5.95 Å². The van der Waals surface area contributed by atoms with Crippen LogP contribution in [0.5, 0.6) is 0 Å². The highest BCUT2D eigenvalue weighted by molar-refractivity contribution is 7.92. The fraction of sp³-hybridized carbons (Fsp3) is 0.407. The van der Waals surface area contributed by atoms with Crippen LogP contribution in [0.2, 0.25) is 0 Å². The number of benzene rings is 1. The quantitative estimate of drug-likeness (QED) is 0.516. The third-order valence-corrected chi connectivity index (χ3v) is 10.8. The SMILES string of the molecule is CC1[C@H]2CC[C@]1(c1ccnc(-n3cnc(CC4CS(=O)(=O)C4)n3)n1)C1=C2C=C(c2c(F)cccc2F)N(C)N1. The lowest BCUT2D eigenvalue weighted by atomic mass is 9.75. The van der Waals surface area contributed by atoms with Crippen LogP contribution in [-0.2, 0) is 21.7 Å². The Bertz CT molecular complexity index is 1650. The van der Waals surface area contributed by atoms with Crippen molar-refractivity contribution in [1.29, 1.82) is 0 Å². The first kappa shape index (κ1) is 24.4. The van der Waals surface area contributed by atoms with Crippen LogP contribution < -0.4 is 5.43 Å². The average molecular weight is 552 g/mol. The Morgan fingerprint density at radius 3 is 2.67 bits per heavy atom. The molecule has 2 bridgehead atoms. The highest BCUT2D eigenvalue weighted by Gasteiger charge is 2.59. The highest BCUT2D eigenvalue weighted by atomic mass is 32.2. The third kappa shape index (κ3) is 3.64. The maximum atomic E-state index is 14.7. The minimum atomic E-state index is -2.90. The number of rotatable bonds is 5. The molecule has 4 aliphatic rings. The molecule has 1 N–H and O–H groups in total. The first-order chi connectivity index (χ1) is 18.7. The molecule has 39 heavy (non-hydrogen) atoms. The van der Waals surface area contributed by atoms with Crippen molar-refractivity contribution in [1.82, 2.24) is 35.2 Å². The molecule has 2 aliphatic carbocycles. The zero-order valence-electron chi connectivity index (χ0n) is 21.5. The van der Waals surface area contributed by atoms with E-state index in [0.29, 0.717) is 23.9 Å². The summed E-state index contributed by atoms with van der Waals surface area (Å²) in [6, 6.07) is 5.83. The van der Waals surface area contributed by atoms with Gasteiger partial charge in [-0.15, -0.1) is 5.10 Å². The Morgan fingerprint density at radius 1 is 1.15 bits per heavy atom. The molecule has 0 amide bonds. The first-order valence-electron chi connectivity index (χ1n) is 13.0. The number of hydrazine groups is 1. The van der Waals surface area contributed by atoms with E-state index in [1.165, 1.54) is 22.9 Å². The molecule has 4 heterocycles. The van der Waals surface area contributed by atoms with E-state index in [9.17, 15) is 17.2 Å². The summed E-state index contributed by atoms with van der Waals surface area (Å²) in [5.74, 6) is 0.577. The number of allylic oxidation sites excluding steroid dienone is 3. The Kier molecular flexibility index (Phi) is 5.26. The fourth-order valence-electron chi connectivity index (χ4n) is 6.95. The van der Waals surface area contributed by atoms with E-state index >= 15 is 0 Å². The topological polar surface area (TPSA) is 106 Å². The van der Waals surface area contributed by atoms with Gasteiger partial charge in [0, 0.05) is 25.4 Å². The van der Waals surface area contributed by atoms with Crippen LogP contribution in [0, 0.1) is 29.4 Å². The summed E-state index contributed by atoms with van der Waals surface area (Å²) >= 11 is 0. The van der Waals surface area contributed by atoms with Crippen molar-refractivity contribution in [2.75, 3.05) is 18.6 Å². The largest absolute Gasteiger partial charge is 0.301 e. The lowest BCUT2D eigenvalue weighted by Crippen LogP contribution is -2.44. The van der Waals surface area contributed by atoms with Gasteiger partial charge < -0.3 is 5.43 Å². The monoisotopic (exact) mass is 551 g/mol. The third-order valence-electron chi connectivity index (χ3n) is 8.81. The number of hydrogen-bond donors (Lipinski definition) is 1. The number of fused-ring (bicyclic) bond motifs is 4. The minimum Gasteiger partial charge on any atom is -0.301 e. The summed E-state index contributed by atoms with van der Waals surface area (Å²) in [6.45, 7) is 2.21. The lowest BCUT2D eigenvalue weighted by molar-refractivity contribution is 0.304. The number of halogens is 2. The molecular weight excluding hydrogens is 524 g/mol. The standard InChI is InChI=1S/C27H27F2N7O2S/c1-15-17-6-8-27(15,25-18(17)11-21(35(2)34-25)24-19(28)4-3-5-20(24)29)22-7-9-30-26(32-22)36-14-31-23(33-36)10-16-12-39(37,38)13-16/h3-5,7,9,11,14-17,34H,6,8,10,12-13H2,1-2H3/t15?,17-,27+/m1/s1. The van der Waals surface area contributed by atoms with Crippen LogP contribution in [-0.4, -0.2) is 56.7 Å². The van der Waals surface area contributed by atoms with Crippen LogP contribution in [0.1, 0.15) is 36.8 Å². The van der Waals surface area contributed by atoms with E-state index in [4.69, 9.17) is 4.98 Å². The second-order valence-corrected chi connectivity index (χ2v) is 13.2. The van der Waals surface area contributed by atoms with Crippen molar-refractivity contribution in [3.05, 3.63) is 82.9 Å². The van der Waals surface area contributed by atoms with Gasteiger partial charge in [-0.3, -0.25) is 5.01 Å². The average Bonchev–Trinajstić information content (AvgIpc) is 3.54. The Labute approximate surface area is 224 Å². The molecule has 1 saturated carbocycles. The van der Waals surface area contributed by atoms with Gasteiger partial charge in [0.1, 0.15) is 18.0 Å². The second-order valence-electron chi connectivity index (χ2n) is 11.0. The molecule has 3 atom stereocenters. The summed E-state index contributed by atoms with van der Waals surface area (Å²) in [5, 5.41) is 6.20. The van der Waals surface area contributed by atoms with Crippen molar-refractivity contribution in [3.63, 3.8) is 0 Å². The van der Waals surface area contributed by atoms with Gasteiger partial charge in [0.15, 0.2) is 15.7 Å². The first-order valence-corrected chi connectivity index (χ1v) is 14.8. The molecule has 12 heteroatoms. The maximum absolute atomic E-state index is 14.7. The van der Waals surface area contributed by atoms with Gasteiger partial charge >= 0.3 is 0 Å². The number of sulfone groups is 1. The summed E-state index contributed by atoms with van der Waals surface area (Å²) in [5.41, 5.74) is 6.37. The summed E-state index contributed by atoms with van der Waals surface area (Å²) in [4.78, 5) is 13.7. The fourth-order valence-corrected chi connectivity index (χ4v) is 8.53. The van der Waals surface area contributed by atoms with Gasteiger partial charge in [0.05, 0.1) is 33.9 Å². The zero-order valence-corrected chi connectivity index (χ0v) is 22.3. The van der Waals surface area contributed by atoms with Crippen LogP contribution in [0.3, 0.4) is 0 Å². The van der Waals surface area contributed by atoms with E-state index in [2.05, 4.69) is 27.4 Å². The molecule has 2 aromatic heterocycles. The van der Waals surface area contributed by atoms with E-state index in [0.717, 1.165) is 29.8 Å². The highest BCUT2D eigenvalue weighted by Crippen LogP contribution is 2.62. The second kappa shape index (κ2) is 8.41. The van der Waals surface area contributed by atoms with E-state index in [-0.39, 0.29) is 34.8 Å². The molecule has 9 nitrogen and oxygen atoms in total. The van der Waals surface area contributed by atoms with Crippen molar-refractivity contribution < 1.29 is 17.2 Å². The van der Waals surface area contributed by atoms with Gasteiger partial charge in [-0.2, -0.15) is 4.68 Å². The maximum Gasteiger partial charge on any atom is 0.252 e. The number of nitrogens with one attached hydrogen (secondary N) is 1. The predicted octanol–water partition coefficient (Wildman–Crippen LogP) is 2.97. The van der Waals surface area contributed by atoms with Crippen LogP contribution in [0.15, 0.2) is 54.1 Å². The molecule has 3 aromatic rings. The van der Waals surface area contributed by atoms with Gasteiger partial charge in [0.2, 0.25) is 0 Å². The van der Waals surface area contributed by atoms with Crippen LogP contribution in [0.4, 0.5) is 8.78 Å². The smallest absolute Gasteiger partial charge is 0.252 e. The molecule has 1 unspecified atom stereocenters. The number of nitrogens with zero attached hydrogens (tertiary/aromatic N) is 6. The van der Waals surface area contributed by atoms with Crippen molar-refractivity contribution in [2.45, 2.75) is 31.6 Å². The molecular formula is C27H27F2N7O2S. The molecule has 0 radical (unpaired) electrons. The van der Waals surface area contributed by atoms with E-state index in [1.54, 1.807) is 24.6 Å². The molecule has 2 fully saturated rings. The summed E-state index contributed by atoms with van der Waals surface area (Å²) in [7, 11) is -1.14. The summed E-state index contributed by atoms with van der Waals surface area (Å²) in [6.07, 6.45) is 7.51. The van der Waals surface area contributed by atoms with Crippen molar-refractivity contribution >= 4 is 15.5 Å². The zero-order chi connectivity index (χ0) is 27.1. The molecule has 7 rings (SSSR count). The molecule has 1 saturated heterocycles. The molecule has 1 aromatic carbocycles.